The van der Waals surface area contributed by atoms with Crippen LogP contribution in [0.4, 0.5) is 0 Å². The molecule has 17 heavy (non-hydrogen) atoms. The van der Waals surface area contributed by atoms with E-state index in [-0.39, 0.29) is 0 Å². The van der Waals surface area contributed by atoms with Crippen molar-refractivity contribution >= 4 is 29.2 Å². The van der Waals surface area contributed by atoms with E-state index in [2.05, 4.69) is 16.8 Å². The minimum atomic E-state index is 0.504. The fraction of sp³-hybridized carbons (Fsp3) is 0.0714. The Balaban J connectivity index is 1.88. The molecule has 0 radical (unpaired) electrons. The molecule has 0 aliphatic heterocycles. The third-order valence-electron chi connectivity index (χ3n) is 2.00. The second kappa shape index (κ2) is 6.24. The number of halogens is 1. The zero-order valence-electron chi connectivity index (χ0n) is 9.06. The molecule has 0 aliphatic carbocycles. The Morgan fingerprint density at radius 2 is 2.00 bits per heavy atom. The van der Waals surface area contributed by atoms with Crippen LogP contribution in [0.25, 0.3) is 0 Å². The zero-order valence-corrected chi connectivity index (χ0v) is 10.6. The van der Waals surface area contributed by atoms with Gasteiger partial charge < -0.3 is 0 Å². The third kappa shape index (κ3) is 4.07. The van der Waals surface area contributed by atoms with Crippen molar-refractivity contribution < 1.29 is 0 Å². The molecular weight excluding hydrogens is 250 g/mol. The molecule has 0 spiro atoms. The van der Waals surface area contributed by atoms with Crippen LogP contribution >= 0.6 is 22.9 Å². The molecule has 0 amide bonds. The van der Waals surface area contributed by atoms with E-state index in [0.717, 1.165) is 14.8 Å². The topological polar surface area (TPSA) is 12.4 Å². The fourth-order valence-corrected chi connectivity index (χ4v) is 2.16. The lowest BCUT2D eigenvalue weighted by molar-refractivity contribution is 1.30. The minimum Gasteiger partial charge on any atom is -0.280 e. The van der Waals surface area contributed by atoms with Gasteiger partial charge >= 0.3 is 0 Å². The number of hydrogen-bond donors (Lipinski definition) is 0. The number of benzene rings is 1. The van der Waals surface area contributed by atoms with Crippen molar-refractivity contribution in [2.75, 3.05) is 6.54 Å². The van der Waals surface area contributed by atoms with Gasteiger partial charge in [0, 0.05) is 6.21 Å². The van der Waals surface area contributed by atoms with Crippen molar-refractivity contribution in [1.82, 2.24) is 0 Å². The van der Waals surface area contributed by atoms with Crippen molar-refractivity contribution in [3.05, 3.63) is 57.2 Å². The van der Waals surface area contributed by atoms with Crippen LogP contribution in [0.3, 0.4) is 0 Å². The average molecular weight is 260 g/mol. The molecule has 0 atom stereocenters. The van der Waals surface area contributed by atoms with Crippen LogP contribution in [0.15, 0.2) is 47.5 Å². The smallest absolute Gasteiger partial charge is 0.100 e. The van der Waals surface area contributed by atoms with Crippen LogP contribution in [-0.2, 0) is 0 Å². The number of aliphatic imine (C=N–C) groups is 1. The predicted molar refractivity (Wildman–Crippen MR) is 75.1 cm³/mol. The Labute approximate surface area is 110 Å². The van der Waals surface area contributed by atoms with Gasteiger partial charge in [0.1, 0.15) is 6.54 Å². The Morgan fingerprint density at radius 3 is 2.71 bits per heavy atom. The molecular formula is C14H10ClNS. The van der Waals surface area contributed by atoms with Crippen molar-refractivity contribution in [3.63, 3.8) is 0 Å². The van der Waals surface area contributed by atoms with Gasteiger partial charge in [0.25, 0.3) is 0 Å². The van der Waals surface area contributed by atoms with Crippen LogP contribution in [0.2, 0.25) is 4.34 Å². The molecule has 2 rings (SSSR count). The summed E-state index contributed by atoms with van der Waals surface area (Å²) in [5.74, 6) is 6.01. The maximum absolute atomic E-state index is 5.80. The minimum absolute atomic E-state index is 0.504. The van der Waals surface area contributed by atoms with Crippen LogP contribution < -0.4 is 0 Å². The summed E-state index contributed by atoms with van der Waals surface area (Å²) in [4.78, 5) is 5.21. The molecule has 3 heteroatoms. The first-order chi connectivity index (χ1) is 8.34. The largest absolute Gasteiger partial charge is 0.280 e. The standard InChI is InChI=1S/C14H10ClNS/c15-14-9-8-13(17-14)7-4-10-16-11-12-5-2-1-3-6-12/h1-3,5-6,8-9,11H,10H2/b16-11+. The molecule has 0 unspecified atom stereocenters. The summed E-state index contributed by atoms with van der Waals surface area (Å²) in [6.45, 7) is 0.504. The summed E-state index contributed by atoms with van der Waals surface area (Å²) in [5, 5.41) is 0. The Bertz CT molecular complexity index is 561. The summed E-state index contributed by atoms with van der Waals surface area (Å²) in [5.41, 5.74) is 1.09. The quantitative estimate of drug-likeness (QED) is 0.573. The Morgan fingerprint density at radius 1 is 1.18 bits per heavy atom. The van der Waals surface area contributed by atoms with Crippen LogP contribution in [0.5, 0.6) is 0 Å². The maximum Gasteiger partial charge on any atom is 0.100 e. The normalized spacial score (nSPS) is 10.2. The third-order valence-corrected chi connectivity index (χ3v) is 3.14. The maximum atomic E-state index is 5.80. The highest BCUT2D eigenvalue weighted by molar-refractivity contribution is 7.16. The highest BCUT2D eigenvalue weighted by atomic mass is 35.5. The molecule has 1 nitrogen and oxygen atoms in total. The number of rotatable bonds is 2. The molecule has 1 aromatic carbocycles. The lowest BCUT2D eigenvalue weighted by Gasteiger charge is -1.88. The van der Waals surface area contributed by atoms with Gasteiger partial charge in [-0.1, -0.05) is 53.8 Å². The molecule has 84 valence electrons. The molecule has 0 saturated heterocycles. The second-order valence-electron chi connectivity index (χ2n) is 3.29. The van der Waals surface area contributed by atoms with Gasteiger partial charge in [-0.15, -0.1) is 11.3 Å². The van der Waals surface area contributed by atoms with Gasteiger partial charge in [-0.2, -0.15) is 0 Å². The first-order valence-electron chi connectivity index (χ1n) is 5.14. The highest BCUT2D eigenvalue weighted by Crippen LogP contribution is 2.19. The fourth-order valence-electron chi connectivity index (χ4n) is 1.24. The first kappa shape index (κ1) is 11.9. The lowest BCUT2D eigenvalue weighted by Crippen LogP contribution is -1.81. The van der Waals surface area contributed by atoms with Crippen LogP contribution in [0, 0.1) is 11.8 Å². The first-order valence-corrected chi connectivity index (χ1v) is 6.33. The van der Waals surface area contributed by atoms with E-state index in [1.54, 1.807) is 0 Å². The zero-order chi connectivity index (χ0) is 11.9. The Hall–Kier alpha value is -1.56. The number of thiophene rings is 1. The average Bonchev–Trinajstić information content (AvgIpc) is 2.76. The molecule has 0 bridgehead atoms. The molecule has 0 fully saturated rings. The SMILES string of the molecule is Clc1ccc(C#CC/N=C/c2ccccc2)s1. The highest BCUT2D eigenvalue weighted by Gasteiger charge is 1.91. The van der Waals surface area contributed by atoms with Gasteiger partial charge in [0.2, 0.25) is 0 Å². The van der Waals surface area contributed by atoms with E-state index >= 15 is 0 Å². The van der Waals surface area contributed by atoms with E-state index in [1.807, 2.05) is 48.7 Å². The molecule has 0 aliphatic rings. The van der Waals surface area contributed by atoms with Gasteiger partial charge in [0.15, 0.2) is 0 Å². The summed E-state index contributed by atoms with van der Waals surface area (Å²) < 4.78 is 0.766. The van der Waals surface area contributed by atoms with E-state index in [4.69, 9.17) is 11.6 Å². The second-order valence-corrected chi connectivity index (χ2v) is 5.00. The van der Waals surface area contributed by atoms with E-state index in [0.29, 0.717) is 6.54 Å². The molecule has 2 aromatic rings. The molecule has 0 saturated carbocycles. The van der Waals surface area contributed by atoms with Gasteiger partial charge in [-0.3, -0.25) is 4.99 Å². The molecule has 1 aromatic heterocycles. The summed E-state index contributed by atoms with van der Waals surface area (Å²) in [7, 11) is 0. The monoisotopic (exact) mass is 259 g/mol. The summed E-state index contributed by atoms with van der Waals surface area (Å²) in [6, 6.07) is 13.7. The lowest BCUT2D eigenvalue weighted by atomic mass is 10.2. The van der Waals surface area contributed by atoms with Crippen molar-refractivity contribution in [2.24, 2.45) is 4.99 Å². The van der Waals surface area contributed by atoms with Crippen molar-refractivity contribution in [2.45, 2.75) is 0 Å². The van der Waals surface area contributed by atoms with Gasteiger partial charge in [-0.25, -0.2) is 0 Å². The number of nitrogens with zero attached hydrogens (tertiary/aromatic N) is 1. The van der Waals surface area contributed by atoms with Crippen molar-refractivity contribution in [3.8, 4) is 11.8 Å². The van der Waals surface area contributed by atoms with E-state index < -0.39 is 0 Å². The molecule has 0 N–H and O–H groups in total. The van der Waals surface area contributed by atoms with Gasteiger partial charge in [-0.05, 0) is 17.7 Å². The van der Waals surface area contributed by atoms with Gasteiger partial charge in [0.05, 0.1) is 9.21 Å². The summed E-state index contributed by atoms with van der Waals surface area (Å²) >= 11 is 7.28. The van der Waals surface area contributed by atoms with Crippen LogP contribution in [0.1, 0.15) is 10.4 Å². The number of hydrogen-bond acceptors (Lipinski definition) is 2. The van der Waals surface area contributed by atoms with E-state index in [1.165, 1.54) is 11.3 Å². The summed E-state index contributed by atoms with van der Waals surface area (Å²) in [6.07, 6.45) is 1.83. The van der Waals surface area contributed by atoms with Crippen LogP contribution in [-0.4, -0.2) is 12.8 Å². The Kier molecular flexibility index (Phi) is 4.37. The van der Waals surface area contributed by atoms with E-state index in [9.17, 15) is 0 Å². The van der Waals surface area contributed by atoms with Crippen molar-refractivity contribution in [1.29, 1.82) is 0 Å². The molecule has 1 heterocycles. The predicted octanol–water partition coefficient (Wildman–Crippen LogP) is 3.87.